The molecule has 0 heterocycles. The van der Waals surface area contributed by atoms with Crippen LogP contribution < -0.4 is 0 Å². The monoisotopic (exact) mass is 282 g/mol. The van der Waals surface area contributed by atoms with Gasteiger partial charge in [0, 0.05) is 5.92 Å². The smallest absolute Gasteiger partial charge is 0.0736 e. The van der Waals surface area contributed by atoms with Crippen LogP contribution >= 0.6 is 0 Å². The van der Waals surface area contributed by atoms with Crippen LogP contribution in [0.25, 0.3) is 5.57 Å². The summed E-state index contributed by atoms with van der Waals surface area (Å²) in [5.74, 6) is 1.35. The molecule has 2 aliphatic carbocycles. The number of allylic oxidation sites excluding steroid dienone is 4. The highest BCUT2D eigenvalue weighted by molar-refractivity contribution is 6.84. The molecule has 0 amide bonds. The van der Waals surface area contributed by atoms with Gasteiger partial charge in [-0.1, -0.05) is 81.2 Å². The molecule has 3 rings (SSSR count). The number of fused-ring (bicyclic) bond motifs is 2. The molecular formula is C19H26Si. The second-order valence-electron chi connectivity index (χ2n) is 7.96. The van der Waals surface area contributed by atoms with Crippen molar-refractivity contribution in [2.75, 3.05) is 0 Å². The fourth-order valence-electron chi connectivity index (χ4n) is 4.28. The Hall–Kier alpha value is -1.08. The van der Waals surface area contributed by atoms with Gasteiger partial charge in [-0.05, 0) is 28.9 Å². The van der Waals surface area contributed by atoms with Gasteiger partial charge in [-0.3, -0.25) is 0 Å². The third kappa shape index (κ3) is 1.95. The fourth-order valence-corrected chi connectivity index (χ4v) is 6.81. The van der Waals surface area contributed by atoms with Crippen molar-refractivity contribution in [1.82, 2.24) is 0 Å². The van der Waals surface area contributed by atoms with Crippen molar-refractivity contribution in [3.8, 4) is 0 Å². The van der Waals surface area contributed by atoms with E-state index in [0.29, 0.717) is 17.3 Å². The third-order valence-electron chi connectivity index (χ3n) is 5.24. The van der Waals surface area contributed by atoms with E-state index in [1.807, 2.05) is 0 Å². The van der Waals surface area contributed by atoms with E-state index in [1.54, 1.807) is 10.8 Å². The van der Waals surface area contributed by atoms with Crippen LogP contribution in [0.2, 0.25) is 19.6 Å². The standard InChI is InChI=1S/C19H26Si/c1-19(2)15-12-9-13-16(19)18(20(3,4)5)17(15)14-10-7-6-8-11-14/h6-11,13,15-16H,12H2,1-5H3/t15-,16+/m1/s1. The summed E-state index contributed by atoms with van der Waals surface area (Å²) in [4.78, 5) is 0. The molecule has 0 aliphatic heterocycles. The molecule has 0 saturated heterocycles. The molecule has 0 saturated carbocycles. The third-order valence-corrected chi connectivity index (χ3v) is 7.44. The Kier molecular flexibility index (Phi) is 3.09. The van der Waals surface area contributed by atoms with Crippen LogP contribution in [-0.2, 0) is 0 Å². The maximum Gasteiger partial charge on any atom is 0.0736 e. The Labute approximate surface area is 124 Å². The second kappa shape index (κ2) is 4.46. The van der Waals surface area contributed by atoms with Crippen molar-refractivity contribution in [2.45, 2.75) is 39.9 Å². The lowest BCUT2D eigenvalue weighted by atomic mass is 9.68. The second-order valence-corrected chi connectivity index (χ2v) is 13.0. The lowest BCUT2D eigenvalue weighted by Gasteiger charge is -2.38. The van der Waals surface area contributed by atoms with Crippen molar-refractivity contribution in [1.29, 1.82) is 0 Å². The van der Waals surface area contributed by atoms with E-state index in [9.17, 15) is 0 Å². The summed E-state index contributed by atoms with van der Waals surface area (Å²) in [5, 5.41) is 1.80. The molecule has 1 aromatic carbocycles. The normalized spacial score (nSPS) is 28.1. The first-order valence-corrected chi connectivity index (χ1v) is 11.3. The minimum absolute atomic E-state index is 0.384. The van der Waals surface area contributed by atoms with E-state index in [0.717, 1.165) is 0 Å². The van der Waals surface area contributed by atoms with Crippen molar-refractivity contribution in [2.24, 2.45) is 17.3 Å². The van der Waals surface area contributed by atoms with Gasteiger partial charge in [0.15, 0.2) is 0 Å². The molecule has 0 fully saturated rings. The van der Waals surface area contributed by atoms with E-state index in [-0.39, 0.29) is 0 Å². The molecule has 0 spiro atoms. The molecule has 106 valence electrons. The average Bonchev–Trinajstić information content (AvgIpc) is 2.54. The van der Waals surface area contributed by atoms with Gasteiger partial charge < -0.3 is 0 Å². The largest absolute Gasteiger partial charge is 0.0873 e. The molecule has 20 heavy (non-hydrogen) atoms. The van der Waals surface area contributed by atoms with Crippen molar-refractivity contribution in [3.05, 3.63) is 53.2 Å². The Morgan fingerprint density at radius 2 is 1.70 bits per heavy atom. The van der Waals surface area contributed by atoms with E-state index in [1.165, 1.54) is 12.0 Å². The Balaban J connectivity index is 2.24. The first-order valence-electron chi connectivity index (χ1n) is 7.80. The average molecular weight is 283 g/mol. The van der Waals surface area contributed by atoms with Crippen LogP contribution in [0.15, 0.2) is 47.7 Å². The van der Waals surface area contributed by atoms with E-state index in [2.05, 4.69) is 76.0 Å². The van der Waals surface area contributed by atoms with Gasteiger partial charge in [-0.25, -0.2) is 0 Å². The molecule has 2 atom stereocenters. The van der Waals surface area contributed by atoms with E-state index >= 15 is 0 Å². The predicted octanol–water partition coefficient (Wildman–Crippen LogP) is 5.55. The first-order chi connectivity index (χ1) is 9.33. The van der Waals surface area contributed by atoms with Crippen LogP contribution in [0.4, 0.5) is 0 Å². The summed E-state index contributed by atoms with van der Waals surface area (Å²) >= 11 is 0. The Morgan fingerprint density at radius 3 is 2.30 bits per heavy atom. The lowest BCUT2D eigenvalue weighted by Crippen LogP contribution is -2.34. The highest BCUT2D eigenvalue weighted by Crippen LogP contribution is 2.60. The van der Waals surface area contributed by atoms with Gasteiger partial charge in [0.2, 0.25) is 0 Å². The zero-order valence-corrected chi connectivity index (χ0v) is 14.4. The first kappa shape index (κ1) is 13.9. The summed E-state index contributed by atoms with van der Waals surface area (Å²) in [5.41, 5.74) is 3.54. The molecular weight excluding hydrogens is 256 g/mol. The highest BCUT2D eigenvalue weighted by Gasteiger charge is 2.51. The van der Waals surface area contributed by atoms with Gasteiger partial charge in [0.1, 0.15) is 0 Å². The molecule has 0 unspecified atom stereocenters. The van der Waals surface area contributed by atoms with Crippen molar-refractivity contribution >= 4 is 13.6 Å². The Morgan fingerprint density at radius 1 is 1.05 bits per heavy atom. The quantitative estimate of drug-likeness (QED) is 0.493. The summed E-state index contributed by atoms with van der Waals surface area (Å²) in [6.45, 7) is 12.5. The topological polar surface area (TPSA) is 0 Å². The van der Waals surface area contributed by atoms with Gasteiger partial charge in [-0.15, -0.1) is 0 Å². The van der Waals surface area contributed by atoms with Crippen LogP contribution in [0.1, 0.15) is 25.8 Å². The fraction of sp³-hybridized carbons (Fsp3) is 0.474. The Bertz CT molecular complexity index is 570. The highest BCUT2D eigenvalue weighted by atomic mass is 28.3. The molecule has 1 aromatic rings. The summed E-state index contributed by atoms with van der Waals surface area (Å²) in [6.07, 6.45) is 6.14. The predicted molar refractivity (Wildman–Crippen MR) is 91.2 cm³/mol. The van der Waals surface area contributed by atoms with Crippen molar-refractivity contribution in [3.63, 3.8) is 0 Å². The zero-order valence-electron chi connectivity index (χ0n) is 13.4. The number of benzene rings is 1. The summed E-state index contributed by atoms with van der Waals surface area (Å²) < 4.78 is 0. The van der Waals surface area contributed by atoms with E-state index < -0.39 is 8.07 Å². The van der Waals surface area contributed by atoms with Crippen molar-refractivity contribution < 1.29 is 0 Å². The SMILES string of the molecule is CC1(C)[C@@H]2CC=C[C@H]1C([Si](C)(C)C)=C2c1ccccc1. The number of hydrogen-bond acceptors (Lipinski definition) is 0. The summed E-state index contributed by atoms with van der Waals surface area (Å²) in [6, 6.07) is 11.1. The number of rotatable bonds is 2. The molecule has 1 heteroatoms. The number of hydrogen-bond donors (Lipinski definition) is 0. The lowest BCUT2D eigenvalue weighted by molar-refractivity contribution is 0.228. The maximum atomic E-state index is 2.51. The van der Waals surface area contributed by atoms with Gasteiger partial charge in [0.25, 0.3) is 0 Å². The minimum atomic E-state index is -1.32. The van der Waals surface area contributed by atoms with Gasteiger partial charge in [-0.2, -0.15) is 0 Å². The van der Waals surface area contributed by atoms with Crippen LogP contribution in [-0.4, -0.2) is 8.07 Å². The molecule has 2 bridgehead atoms. The molecule has 2 aliphatic rings. The molecule has 0 N–H and O–H groups in total. The van der Waals surface area contributed by atoms with Gasteiger partial charge in [0.05, 0.1) is 8.07 Å². The zero-order chi connectivity index (χ0) is 14.5. The molecule has 0 aromatic heterocycles. The molecule has 0 radical (unpaired) electrons. The van der Waals surface area contributed by atoms with Crippen LogP contribution in [0.5, 0.6) is 0 Å². The minimum Gasteiger partial charge on any atom is -0.0873 e. The summed E-state index contributed by atoms with van der Waals surface area (Å²) in [7, 11) is -1.32. The molecule has 0 nitrogen and oxygen atoms in total. The maximum absolute atomic E-state index is 2.51. The van der Waals surface area contributed by atoms with Gasteiger partial charge >= 0.3 is 0 Å². The van der Waals surface area contributed by atoms with Crippen LogP contribution in [0.3, 0.4) is 0 Å². The van der Waals surface area contributed by atoms with Crippen LogP contribution in [0, 0.1) is 17.3 Å². The van der Waals surface area contributed by atoms with E-state index in [4.69, 9.17) is 0 Å².